The second kappa shape index (κ2) is 6.76. The van der Waals surface area contributed by atoms with Crippen molar-refractivity contribution in [3.8, 4) is 0 Å². The molecule has 0 fully saturated rings. The molecule has 21 heavy (non-hydrogen) atoms. The van der Waals surface area contributed by atoms with Crippen LogP contribution in [0.1, 0.15) is 17.5 Å². The minimum Gasteiger partial charge on any atom is -0.352 e. The third-order valence-electron chi connectivity index (χ3n) is 3.29. The van der Waals surface area contributed by atoms with E-state index in [4.69, 9.17) is 0 Å². The molecule has 0 radical (unpaired) electrons. The van der Waals surface area contributed by atoms with Gasteiger partial charge in [0.05, 0.1) is 12.0 Å². The Morgan fingerprint density at radius 1 is 1.33 bits per heavy atom. The van der Waals surface area contributed by atoms with Crippen molar-refractivity contribution < 1.29 is 18.0 Å². The van der Waals surface area contributed by atoms with E-state index in [0.29, 0.717) is 12.1 Å². The highest BCUT2D eigenvalue weighted by molar-refractivity contribution is 5.78. The minimum absolute atomic E-state index is 0.0462. The fourth-order valence-corrected chi connectivity index (χ4v) is 2.15. The van der Waals surface area contributed by atoms with Gasteiger partial charge in [0, 0.05) is 13.1 Å². The van der Waals surface area contributed by atoms with Crippen molar-refractivity contribution in [2.45, 2.75) is 19.0 Å². The lowest BCUT2D eigenvalue weighted by atomic mass is 10.1. The molecule has 0 aromatic heterocycles. The van der Waals surface area contributed by atoms with E-state index in [2.05, 4.69) is 10.6 Å². The van der Waals surface area contributed by atoms with E-state index in [1.165, 1.54) is 12.1 Å². The van der Waals surface area contributed by atoms with Gasteiger partial charge in [0.2, 0.25) is 5.91 Å². The zero-order chi connectivity index (χ0) is 15.3. The topological polar surface area (TPSA) is 41.1 Å². The van der Waals surface area contributed by atoms with E-state index < -0.39 is 11.7 Å². The molecule has 0 unspecified atom stereocenters. The Hall–Kier alpha value is -1.82. The van der Waals surface area contributed by atoms with Crippen molar-refractivity contribution >= 4 is 5.91 Å². The molecule has 1 aliphatic rings. The van der Waals surface area contributed by atoms with Crippen LogP contribution in [0.4, 0.5) is 13.2 Å². The minimum atomic E-state index is -4.38. The average Bonchev–Trinajstić information content (AvgIpc) is 2.46. The lowest BCUT2D eigenvalue weighted by Gasteiger charge is -2.14. The van der Waals surface area contributed by atoms with Gasteiger partial charge >= 0.3 is 6.18 Å². The smallest absolute Gasteiger partial charge is 0.352 e. The predicted octanol–water partition coefficient (Wildman–Crippen LogP) is 2.28. The maximum atomic E-state index is 12.6. The Labute approximate surface area is 121 Å². The Morgan fingerprint density at radius 2 is 2.14 bits per heavy atom. The highest BCUT2D eigenvalue weighted by Gasteiger charge is 2.30. The number of nitrogens with one attached hydrogen (secondary N) is 2. The molecule has 0 aliphatic carbocycles. The lowest BCUT2D eigenvalue weighted by Crippen LogP contribution is -2.30. The van der Waals surface area contributed by atoms with Gasteiger partial charge in [0.25, 0.3) is 0 Å². The summed E-state index contributed by atoms with van der Waals surface area (Å²) in [5.74, 6) is -0.270. The Balaban J connectivity index is 1.89. The fourth-order valence-electron chi connectivity index (χ4n) is 2.15. The molecular formula is C15H17F3N2O. The number of carbonyl (C=O) groups excluding carboxylic acids is 1. The van der Waals surface area contributed by atoms with Gasteiger partial charge in [0.15, 0.2) is 0 Å². The van der Waals surface area contributed by atoms with Crippen LogP contribution in [0.15, 0.2) is 35.9 Å². The highest BCUT2D eigenvalue weighted by Crippen LogP contribution is 2.29. The van der Waals surface area contributed by atoms with E-state index in [0.717, 1.165) is 37.2 Å². The maximum Gasteiger partial charge on any atom is 0.416 e. The van der Waals surface area contributed by atoms with Gasteiger partial charge in [0.1, 0.15) is 0 Å². The van der Waals surface area contributed by atoms with E-state index in [9.17, 15) is 18.0 Å². The van der Waals surface area contributed by atoms with Crippen LogP contribution >= 0.6 is 0 Å². The second-order valence-electron chi connectivity index (χ2n) is 4.97. The summed E-state index contributed by atoms with van der Waals surface area (Å²) in [6.45, 7) is 2.13. The molecule has 0 saturated carbocycles. The molecule has 0 spiro atoms. The molecular weight excluding hydrogens is 281 g/mol. The first kappa shape index (κ1) is 15.6. The predicted molar refractivity (Wildman–Crippen MR) is 73.7 cm³/mol. The summed E-state index contributed by atoms with van der Waals surface area (Å²) >= 11 is 0. The standard InChI is InChI=1S/C15H17F3N2O/c16-15(17,18)13-3-1-2-12(8-13)9-14(21)20-10-11-4-6-19-7-5-11/h1-4,8,19H,5-7,9-10H2,(H,20,21). The zero-order valence-electron chi connectivity index (χ0n) is 11.5. The van der Waals surface area contributed by atoms with Crippen molar-refractivity contribution in [1.82, 2.24) is 10.6 Å². The van der Waals surface area contributed by atoms with E-state index in [1.54, 1.807) is 0 Å². The quantitative estimate of drug-likeness (QED) is 0.837. The van der Waals surface area contributed by atoms with Gasteiger partial charge in [-0.1, -0.05) is 29.8 Å². The van der Waals surface area contributed by atoms with Crippen molar-refractivity contribution in [2.24, 2.45) is 0 Å². The number of hydrogen-bond donors (Lipinski definition) is 2. The van der Waals surface area contributed by atoms with Crippen LogP contribution in [0.3, 0.4) is 0 Å². The normalized spacial score (nSPS) is 15.5. The van der Waals surface area contributed by atoms with Crippen LogP contribution in [-0.2, 0) is 17.4 Å². The SMILES string of the molecule is O=C(Cc1cccc(C(F)(F)F)c1)NCC1=CCNCC1. The molecule has 1 aromatic rings. The van der Waals surface area contributed by atoms with E-state index >= 15 is 0 Å². The monoisotopic (exact) mass is 298 g/mol. The van der Waals surface area contributed by atoms with Crippen LogP contribution in [0, 0.1) is 0 Å². The Bertz CT molecular complexity index is 538. The summed E-state index contributed by atoms with van der Waals surface area (Å²) in [7, 11) is 0. The largest absolute Gasteiger partial charge is 0.416 e. The molecule has 6 heteroatoms. The number of hydrogen-bond acceptors (Lipinski definition) is 2. The molecule has 2 N–H and O–H groups in total. The molecule has 0 atom stereocenters. The third kappa shape index (κ3) is 4.90. The van der Waals surface area contributed by atoms with Gasteiger partial charge in [-0.25, -0.2) is 0 Å². The summed E-state index contributed by atoms with van der Waals surface area (Å²) in [6.07, 6.45) is -1.53. The first-order valence-corrected chi connectivity index (χ1v) is 6.76. The van der Waals surface area contributed by atoms with E-state index in [1.807, 2.05) is 6.08 Å². The fraction of sp³-hybridized carbons (Fsp3) is 0.400. The van der Waals surface area contributed by atoms with Crippen LogP contribution in [0.2, 0.25) is 0 Å². The molecule has 0 saturated heterocycles. The van der Waals surface area contributed by atoms with Gasteiger partial charge in [-0.2, -0.15) is 13.2 Å². The molecule has 1 aromatic carbocycles. The lowest BCUT2D eigenvalue weighted by molar-refractivity contribution is -0.137. The number of rotatable bonds is 4. The number of carbonyl (C=O) groups is 1. The Morgan fingerprint density at radius 3 is 2.81 bits per heavy atom. The number of benzene rings is 1. The van der Waals surface area contributed by atoms with Crippen LogP contribution < -0.4 is 10.6 Å². The molecule has 114 valence electrons. The van der Waals surface area contributed by atoms with Crippen molar-refractivity contribution in [3.05, 3.63) is 47.0 Å². The molecule has 3 nitrogen and oxygen atoms in total. The summed E-state index contributed by atoms with van der Waals surface area (Å²) in [5, 5.41) is 5.91. The van der Waals surface area contributed by atoms with Crippen molar-refractivity contribution in [1.29, 1.82) is 0 Å². The summed E-state index contributed by atoms with van der Waals surface area (Å²) in [6, 6.07) is 4.87. The van der Waals surface area contributed by atoms with Crippen molar-refractivity contribution in [2.75, 3.05) is 19.6 Å². The molecule has 0 bridgehead atoms. The first-order chi connectivity index (χ1) is 9.95. The van der Waals surface area contributed by atoms with Crippen LogP contribution in [0.5, 0.6) is 0 Å². The third-order valence-corrected chi connectivity index (χ3v) is 3.29. The maximum absolute atomic E-state index is 12.6. The summed E-state index contributed by atoms with van der Waals surface area (Å²) < 4.78 is 37.7. The Kier molecular flexibility index (Phi) is 5.01. The molecule has 1 heterocycles. The zero-order valence-corrected chi connectivity index (χ0v) is 11.5. The number of alkyl halides is 3. The molecule has 1 aliphatic heterocycles. The van der Waals surface area contributed by atoms with Gasteiger partial charge in [-0.3, -0.25) is 4.79 Å². The van der Waals surface area contributed by atoms with Crippen LogP contribution in [-0.4, -0.2) is 25.5 Å². The number of halogens is 3. The van der Waals surface area contributed by atoms with Crippen LogP contribution in [0.25, 0.3) is 0 Å². The van der Waals surface area contributed by atoms with Crippen molar-refractivity contribution in [3.63, 3.8) is 0 Å². The summed E-state index contributed by atoms with van der Waals surface area (Å²) in [5.41, 5.74) is 0.779. The van der Waals surface area contributed by atoms with Gasteiger partial charge in [-0.05, 0) is 24.6 Å². The first-order valence-electron chi connectivity index (χ1n) is 6.76. The highest BCUT2D eigenvalue weighted by atomic mass is 19.4. The average molecular weight is 298 g/mol. The number of amides is 1. The second-order valence-corrected chi connectivity index (χ2v) is 4.97. The van der Waals surface area contributed by atoms with E-state index in [-0.39, 0.29) is 12.3 Å². The summed E-state index contributed by atoms with van der Waals surface area (Å²) in [4.78, 5) is 11.8. The van der Waals surface area contributed by atoms with Gasteiger partial charge in [-0.15, -0.1) is 0 Å². The van der Waals surface area contributed by atoms with Gasteiger partial charge < -0.3 is 10.6 Å². The molecule has 2 rings (SSSR count). The molecule has 1 amide bonds.